The maximum Gasteiger partial charge on any atom is 0.248 e. The van der Waals surface area contributed by atoms with Crippen molar-refractivity contribution < 1.29 is 0 Å². The second-order valence-corrected chi connectivity index (χ2v) is 34.4. The molecule has 16 aromatic rings. The fourth-order valence-corrected chi connectivity index (χ4v) is 12.8. The van der Waals surface area contributed by atoms with Gasteiger partial charge in [-0.05, 0) is 204 Å². The lowest BCUT2D eigenvalue weighted by Crippen LogP contribution is -2.11. The lowest BCUT2D eigenvalue weighted by Gasteiger charge is -2.04. The molecule has 0 unspecified atom stereocenters. The standard InChI is InChI=1S/C13H18ClN5.2C12H16ClN5.2C11H14ClN5.2C10H12ClN5.C8H7Cl2N5/c1-9(2)16-13-17-12(18-19-13)15-7-6-10-4-3-5-11(14)8-10;1-8(2)15-12-16-11(17-18-12)14-7-9-4-3-5-10(13)6-9;1-18(2)12-15-11(16-17-12)14-7-6-9-4-3-5-10(13)8-9;1-17(2)11-14-10(15-16-11)13-7-8-4-3-5-9(12)6-8;1-7(2)13-10-15-11(17-16-10)14-9-5-3-4-8(12)6-9;1-16(2)10-13-9(14-15-10)12-8-5-3-4-7(11)6-8;11-8-3-1-2-7(6-8)4-5-13-10-14-9(12)15-16-10;9-5-2-1-4(3-6(5)10)12-8-13-7(11)14-15-8/h3-5,8-9H,6-7H2,1-2H3,(H3,15,16,17,18,19);3-6,8H,7H2,1-2H3,(H3,14,15,16,17,18);3-5,8H,6-7H2,1-2H3,(H2,14,15,16,17);3-6H,7H2,1-2H3,(H2,13,14,15,16);3-7H,1-2H3,(H3,13,14,15,16,17);3-6H,1-2H3,(H2,12,13,14,15);1-3,6H,4-5H2,(H4,12,13,14,15,16);1-3H,(H4,11,12,13,14,15). The monoisotopic (exact) mass is 2030 g/mol. The largest absolute Gasteiger partial charge is 0.368 e. The number of hydrogen-bond acceptors (Lipinski definition) is 32. The Hall–Kier alpha value is -13.7. The van der Waals surface area contributed by atoms with E-state index in [0.717, 1.165) is 92.2 Å². The second kappa shape index (κ2) is 55.8. The number of rotatable bonds is 33. The van der Waals surface area contributed by atoms with E-state index in [2.05, 4.69) is 206 Å². The van der Waals surface area contributed by atoms with E-state index in [4.69, 9.17) is 116 Å². The number of benzene rings is 8. The molecule has 0 aliphatic carbocycles. The summed E-state index contributed by atoms with van der Waals surface area (Å²) in [5.41, 5.74) is 19.0. The van der Waals surface area contributed by atoms with Crippen LogP contribution in [-0.2, 0) is 32.4 Å². The Morgan fingerprint density at radius 2 is 0.588 bits per heavy atom. The SMILES string of the molecule is CC(C)Nc1n[nH]c(Nc2cccc(Cl)c2)n1.CC(C)Nc1nc(NCCc2cccc(Cl)c2)n[nH]1.CC(C)Nc1nc(NCc2cccc(Cl)c2)n[nH]1.CN(C)c1n[nH]c(NCCc2cccc(Cl)c2)n1.CN(C)c1n[nH]c(NCc2cccc(Cl)c2)n1.CN(C)c1n[nH]c(Nc2cccc(Cl)c2)n1.Nc1nc(NCCc2cccc(Cl)c2)n[nH]1.Nc1nc(Nc2ccc(Cl)c(Cl)c2)n[nH]1. The van der Waals surface area contributed by atoms with Crippen LogP contribution in [0, 0.1) is 0 Å². The number of nitrogen functional groups attached to an aromatic ring is 2. The Labute approximate surface area is 831 Å². The minimum atomic E-state index is 0.248. The molecular formula is C87H109Cl9N40. The number of aromatic nitrogens is 24. The van der Waals surface area contributed by atoms with Crippen molar-refractivity contribution in [3.8, 4) is 0 Å². The van der Waals surface area contributed by atoms with E-state index in [1.165, 1.54) is 16.7 Å². The summed E-state index contributed by atoms with van der Waals surface area (Å²) in [5.74, 6) is 8.99. The predicted octanol–water partition coefficient (Wildman–Crippen LogP) is 19.6. The van der Waals surface area contributed by atoms with Gasteiger partial charge >= 0.3 is 0 Å². The summed E-state index contributed by atoms with van der Waals surface area (Å²) in [5, 5.41) is 94.2. The molecule has 8 heterocycles. The van der Waals surface area contributed by atoms with Gasteiger partial charge in [-0.25, -0.2) is 40.8 Å². The molecule has 0 aliphatic heterocycles. The number of halogens is 9. The molecule has 0 spiro atoms. The average molecular weight is 2030 g/mol. The van der Waals surface area contributed by atoms with Gasteiger partial charge in [0.15, 0.2) is 0 Å². The van der Waals surface area contributed by atoms with Crippen molar-refractivity contribution in [2.45, 2.75) is 92.0 Å². The molecule has 0 fully saturated rings. The summed E-state index contributed by atoms with van der Waals surface area (Å²) in [7, 11) is 11.4. The quantitative estimate of drug-likeness (QED) is 0.0182. The Bertz CT molecular complexity index is 6160. The summed E-state index contributed by atoms with van der Waals surface area (Å²) >= 11 is 52.9. The summed E-state index contributed by atoms with van der Waals surface area (Å²) in [6.07, 6.45) is 2.62. The van der Waals surface area contributed by atoms with Crippen LogP contribution < -0.4 is 84.7 Å². The third-order valence-electron chi connectivity index (χ3n) is 17.2. The molecule has 720 valence electrons. The molecule has 0 aliphatic rings. The number of nitrogens with zero attached hydrogens (tertiary/aromatic N) is 19. The molecule has 8 aromatic carbocycles. The van der Waals surface area contributed by atoms with Gasteiger partial charge in [0.2, 0.25) is 95.2 Å². The van der Waals surface area contributed by atoms with Crippen LogP contribution in [0.2, 0.25) is 45.2 Å². The molecule has 16 rings (SSSR count). The maximum atomic E-state index is 5.93. The maximum absolute atomic E-state index is 5.93. The van der Waals surface area contributed by atoms with Crippen molar-refractivity contribution in [3.63, 3.8) is 0 Å². The first kappa shape index (κ1) is 106. The highest BCUT2D eigenvalue weighted by Crippen LogP contribution is 2.28. The molecule has 8 aromatic heterocycles. The molecule has 0 amide bonds. The van der Waals surface area contributed by atoms with Gasteiger partial charge in [-0.1, -0.05) is 177 Å². The predicted molar refractivity (Wildman–Crippen MR) is 557 cm³/mol. The van der Waals surface area contributed by atoms with E-state index >= 15 is 0 Å². The summed E-state index contributed by atoms with van der Waals surface area (Å²) in [6.45, 7) is 15.8. The summed E-state index contributed by atoms with van der Waals surface area (Å²) in [6, 6.07) is 59.7. The van der Waals surface area contributed by atoms with Gasteiger partial charge in [0.1, 0.15) is 0 Å². The van der Waals surface area contributed by atoms with Gasteiger partial charge in [-0.3, -0.25) is 0 Å². The van der Waals surface area contributed by atoms with E-state index in [1.54, 1.807) is 18.2 Å². The average Bonchev–Trinajstić information content (AvgIpc) is 1.81. The summed E-state index contributed by atoms with van der Waals surface area (Å²) in [4.78, 5) is 38.9. The van der Waals surface area contributed by atoms with Crippen molar-refractivity contribution in [3.05, 3.63) is 261 Å². The van der Waals surface area contributed by atoms with E-state index in [1.807, 2.05) is 242 Å². The smallest absolute Gasteiger partial charge is 0.248 e. The first-order valence-electron chi connectivity index (χ1n) is 42.1. The third-order valence-corrected chi connectivity index (χ3v) is 19.5. The minimum Gasteiger partial charge on any atom is -0.368 e. The molecule has 0 atom stereocenters. The van der Waals surface area contributed by atoms with Crippen LogP contribution in [0.3, 0.4) is 0 Å². The molecule has 40 nitrogen and oxygen atoms in total. The van der Waals surface area contributed by atoms with Crippen molar-refractivity contribution >= 4 is 217 Å². The zero-order valence-corrected chi connectivity index (χ0v) is 83.1. The number of nitrogens with two attached hydrogens (primary N) is 2. The molecule has 0 radical (unpaired) electrons. The van der Waals surface area contributed by atoms with Crippen molar-refractivity contribution in [2.24, 2.45) is 0 Å². The van der Waals surface area contributed by atoms with Crippen molar-refractivity contribution in [2.75, 3.05) is 147 Å². The number of anilines is 19. The highest BCUT2D eigenvalue weighted by molar-refractivity contribution is 6.42. The Morgan fingerprint density at radius 1 is 0.272 bits per heavy atom. The molecule has 0 bridgehead atoms. The van der Waals surface area contributed by atoms with Gasteiger partial charge < -0.3 is 84.7 Å². The second-order valence-electron chi connectivity index (χ2n) is 30.6. The van der Waals surface area contributed by atoms with Gasteiger partial charge in [0.05, 0.1) is 10.0 Å². The normalized spacial score (nSPS) is 10.4. The first-order valence-corrected chi connectivity index (χ1v) is 45.5. The Balaban J connectivity index is 0.000000174. The molecule has 23 N–H and O–H groups in total. The van der Waals surface area contributed by atoms with Gasteiger partial charge in [-0.15, -0.1) is 40.8 Å². The zero-order valence-electron chi connectivity index (χ0n) is 76.3. The number of hydrogen-bond donors (Lipinski definition) is 21. The molecule has 0 saturated carbocycles. The van der Waals surface area contributed by atoms with E-state index in [9.17, 15) is 0 Å². The highest BCUT2D eigenvalue weighted by atomic mass is 35.5. The molecular weight excluding hydrogens is 1920 g/mol. The fraction of sp³-hybridized carbons (Fsp3) is 0.264. The van der Waals surface area contributed by atoms with Crippen LogP contribution in [0.1, 0.15) is 69.4 Å². The Kier molecular flexibility index (Phi) is 43.5. The first-order chi connectivity index (χ1) is 65.2. The van der Waals surface area contributed by atoms with E-state index in [0.29, 0.717) is 141 Å². The lowest BCUT2D eigenvalue weighted by atomic mass is 10.1. The number of nitrogens with one attached hydrogen (secondary N) is 19. The molecule has 136 heavy (non-hydrogen) atoms. The topological polar surface area (TPSA) is 527 Å². The Morgan fingerprint density at radius 3 is 0.985 bits per heavy atom. The van der Waals surface area contributed by atoms with Crippen LogP contribution >= 0.6 is 104 Å². The van der Waals surface area contributed by atoms with Crippen molar-refractivity contribution in [1.82, 2.24) is 121 Å². The molecule has 49 heteroatoms. The lowest BCUT2D eigenvalue weighted by molar-refractivity contribution is 0.876. The summed E-state index contributed by atoms with van der Waals surface area (Å²) < 4.78 is 0. The number of aromatic amines is 8. The van der Waals surface area contributed by atoms with Crippen LogP contribution in [0.15, 0.2) is 188 Å². The molecule has 0 saturated heterocycles. The van der Waals surface area contributed by atoms with Gasteiger partial charge in [-0.2, -0.15) is 39.9 Å². The third kappa shape index (κ3) is 40.6. The number of H-pyrrole nitrogens is 8. The van der Waals surface area contributed by atoms with Crippen LogP contribution in [0.25, 0.3) is 0 Å². The fourth-order valence-electron chi connectivity index (χ4n) is 11.1. The van der Waals surface area contributed by atoms with E-state index in [-0.39, 0.29) is 5.95 Å². The van der Waals surface area contributed by atoms with Crippen LogP contribution in [-0.4, -0.2) is 201 Å². The zero-order chi connectivity index (χ0) is 97.8. The highest BCUT2D eigenvalue weighted by Gasteiger charge is 2.13. The van der Waals surface area contributed by atoms with Crippen molar-refractivity contribution in [1.29, 1.82) is 0 Å². The minimum absolute atomic E-state index is 0.248. The van der Waals surface area contributed by atoms with E-state index < -0.39 is 0 Å². The van der Waals surface area contributed by atoms with Crippen LogP contribution in [0.4, 0.5) is 112 Å². The van der Waals surface area contributed by atoms with Gasteiger partial charge in [0.25, 0.3) is 0 Å². The van der Waals surface area contributed by atoms with Crippen LogP contribution in [0.5, 0.6) is 0 Å². The van der Waals surface area contributed by atoms with Gasteiger partial charge in [0, 0.05) is 145 Å².